The molecule has 1 aliphatic rings. The van der Waals surface area contributed by atoms with E-state index in [-0.39, 0.29) is 12.3 Å². The van der Waals surface area contributed by atoms with Gasteiger partial charge in [-0.2, -0.15) is 17.6 Å². The van der Waals surface area contributed by atoms with Gasteiger partial charge < -0.3 is 10.0 Å². The minimum Gasteiger partial charge on any atom is -0.351 e. The number of hydrogen-bond donors (Lipinski definition) is 1. The van der Waals surface area contributed by atoms with E-state index in [0.29, 0.717) is 37.1 Å². The third kappa shape index (κ3) is 4.04. The van der Waals surface area contributed by atoms with E-state index in [1.54, 1.807) is 0 Å². The van der Waals surface area contributed by atoms with Crippen LogP contribution in [-0.2, 0) is 23.5 Å². The first-order valence-corrected chi connectivity index (χ1v) is 9.07. The highest BCUT2D eigenvalue weighted by atomic mass is 19.4. The largest absolute Gasteiger partial charge is 0.453 e. The molecule has 1 unspecified atom stereocenters. The monoisotopic (exact) mass is 395 g/mol. The summed E-state index contributed by atoms with van der Waals surface area (Å²) in [4.78, 5) is 14.4. The molecule has 3 rings (SSSR count). The minimum atomic E-state index is -5.44. The van der Waals surface area contributed by atoms with Crippen LogP contribution in [0.1, 0.15) is 35.1 Å². The summed E-state index contributed by atoms with van der Waals surface area (Å²) in [5, 5.41) is 9.31. The van der Waals surface area contributed by atoms with E-state index in [1.165, 1.54) is 11.0 Å². The maximum atomic E-state index is 13.9. The molecule has 3 nitrogen and oxygen atoms in total. The van der Waals surface area contributed by atoms with E-state index in [1.807, 2.05) is 31.2 Å². The molecule has 0 spiro atoms. The maximum absolute atomic E-state index is 13.9. The van der Waals surface area contributed by atoms with E-state index >= 15 is 0 Å². The fraction of sp³-hybridized carbons (Fsp3) is 0.381. The van der Waals surface area contributed by atoms with E-state index < -0.39 is 17.6 Å². The first kappa shape index (κ1) is 20.3. The zero-order valence-electron chi connectivity index (χ0n) is 15.4. The molecule has 2 aromatic carbocycles. The van der Waals surface area contributed by atoms with Crippen molar-refractivity contribution < 1.29 is 27.5 Å². The van der Waals surface area contributed by atoms with Gasteiger partial charge in [-0.15, -0.1) is 0 Å². The lowest BCUT2D eigenvalue weighted by atomic mass is 9.99. The molecule has 1 heterocycles. The van der Waals surface area contributed by atoms with Gasteiger partial charge in [-0.1, -0.05) is 35.9 Å². The van der Waals surface area contributed by atoms with E-state index in [0.717, 1.165) is 23.3 Å². The summed E-state index contributed by atoms with van der Waals surface area (Å²) in [6.45, 7) is 2.39. The van der Waals surface area contributed by atoms with Gasteiger partial charge in [0.15, 0.2) is 0 Å². The van der Waals surface area contributed by atoms with Gasteiger partial charge in [-0.05, 0) is 49.4 Å². The zero-order chi connectivity index (χ0) is 20.5. The maximum Gasteiger partial charge on any atom is 0.453 e. The van der Waals surface area contributed by atoms with Gasteiger partial charge in [0.2, 0.25) is 5.91 Å². The number of amides is 1. The minimum absolute atomic E-state index is 0.164. The SMILES string of the molecule is Cc1ccc(CC(=O)N2CCCCc3cc(C(O)(F)C(F)(F)F)ccc32)cc1. The topological polar surface area (TPSA) is 40.5 Å². The Morgan fingerprint density at radius 3 is 2.39 bits per heavy atom. The average Bonchev–Trinajstić information content (AvgIpc) is 2.84. The Morgan fingerprint density at radius 1 is 1.07 bits per heavy atom. The van der Waals surface area contributed by atoms with Crippen LogP contribution in [0.2, 0.25) is 0 Å². The Kier molecular flexibility index (Phi) is 5.48. The predicted octanol–water partition coefficient (Wildman–Crippen LogP) is 4.58. The first-order chi connectivity index (χ1) is 13.1. The molecule has 150 valence electrons. The van der Waals surface area contributed by atoms with Gasteiger partial charge in [-0.25, -0.2) is 0 Å². The van der Waals surface area contributed by atoms with E-state index in [4.69, 9.17) is 0 Å². The number of anilines is 1. The van der Waals surface area contributed by atoms with Crippen LogP contribution in [0.3, 0.4) is 0 Å². The summed E-state index contributed by atoms with van der Waals surface area (Å²) in [5.74, 6) is -4.60. The van der Waals surface area contributed by atoms with E-state index in [9.17, 15) is 27.5 Å². The Balaban J connectivity index is 1.90. The van der Waals surface area contributed by atoms with Crippen LogP contribution < -0.4 is 4.90 Å². The number of rotatable bonds is 3. The molecule has 28 heavy (non-hydrogen) atoms. The number of benzene rings is 2. The van der Waals surface area contributed by atoms with Crippen molar-refractivity contribution in [2.75, 3.05) is 11.4 Å². The molecule has 1 aliphatic heterocycles. The van der Waals surface area contributed by atoms with Crippen LogP contribution in [0.25, 0.3) is 0 Å². The quantitative estimate of drug-likeness (QED) is 0.773. The summed E-state index contributed by atoms with van der Waals surface area (Å²) >= 11 is 0. The third-order valence-corrected chi connectivity index (χ3v) is 4.98. The lowest BCUT2D eigenvalue weighted by Crippen LogP contribution is -2.38. The lowest BCUT2D eigenvalue weighted by molar-refractivity contribution is -0.323. The van der Waals surface area contributed by atoms with Crippen molar-refractivity contribution in [1.82, 2.24) is 0 Å². The number of alkyl halides is 4. The van der Waals surface area contributed by atoms with Gasteiger partial charge in [-0.3, -0.25) is 4.79 Å². The smallest absolute Gasteiger partial charge is 0.351 e. The fourth-order valence-corrected chi connectivity index (χ4v) is 3.36. The van der Waals surface area contributed by atoms with Crippen LogP contribution in [0.15, 0.2) is 42.5 Å². The van der Waals surface area contributed by atoms with Crippen molar-refractivity contribution in [3.05, 3.63) is 64.7 Å². The van der Waals surface area contributed by atoms with Crippen LogP contribution in [0.5, 0.6) is 0 Å². The Bertz CT molecular complexity index is 860. The molecule has 7 heteroatoms. The van der Waals surface area contributed by atoms with Gasteiger partial charge in [0.05, 0.1) is 6.42 Å². The van der Waals surface area contributed by atoms with Gasteiger partial charge >= 0.3 is 12.0 Å². The normalized spacial score (nSPS) is 16.9. The fourth-order valence-electron chi connectivity index (χ4n) is 3.36. The second-order valence-corrected chi connectivity index (χ2v) is 7.13. The van der Waals surface area contributed by atoms with Crippen LogP contribution in [0.4, 0.5) is 23.2 Å². The molecule has 1 N–H and O–H groups in total. The standard InChI is InChI=1S/C21H21F4NO2/c1-14-5-7-15(8-6-14)12-19(27)26-11-3-2-4-16-13-17(9-10-18(16)26)20(22,28)21(23,24)25/h5-10,13,28H,2-4,11-12H2,1H3. The third-order valence-electron chi connectivity index (χ3n) is 4.98. The molecule has 0 fully saturated rings. The van der Waals surface area contributed by atoms with Gasteiger partial charge in [0.1, 0.15) is 0 Å². The number of aryl methyl sites for hydroxylation is 2. The molecule has 2 aromatic rings. The zero-order valence-corrected chi connectivity index (χ0v) is 15.4. The van der Waals surface area contributed by atoms with Crippen LogP contribution in [0, 0.1) is 6.92 Å². The number of hydrogen-bond acceptors (Lipinski definition) is 2. The van der Waals surface area contributed by atoms with Gasteiger partial charge in [0.25, 0.3) is 0 Å². The number of carbonyl (C=O) groups excluding carboxylic acids is 1. The number of aliphatic hydroxyl groups is 1. The summed E-state index contributed by atoms with van der Waals surface area (Å²) < 4.78 is 52.4. The molecular weight excluding hydrogens is 374 g/mol. The molecule has 0 aliphatic carbocycles. The number of carbonyl (C=O) groups is 1. The predicted molar refractivity (Wildman–Crippen MR) is 97.7 cm³/mol. The second-order valence-electron chi connectivity index (χ2n) is 7.13. The number of halogens is 4. The summed E-state index contributed by atoms with van der Waals surface area (Å²) in [6, 6.07) is 10.7. The first-order valence-electron chi connectivity index (χ1n) is 9.07. The highest BCUT2D eigenvalue weighted by Crippen LogP contribution is 2.42. The molecule has 0 radical (unpaired) electrons. The molecule has 1 atom stereocenters. The van der Waals surface area contributed by atoms with Crippen molar-refractivity contribution in [3.63, 3.8) is 0 Å². The van der Waals surface area contributed by atoms with Crippen molar-refractivity contribution in [2.24, 2.45) is 0 Å². The van der Waals surface area contributed by atoms with E-state index in [2.05, 4.69) is 0 Å². The average molecular weight is 395 g/mol. The molecular formula is C21H21F4NO2. The van der Waals surface area contributed by atoms with Crippen molar-refractivity contribution >= 4 is 11.6 Å². The molecule has 0 bridgehead atoms. The van der Waals surface area contributed by atoms with Crippen molar-refractivity contribution in [1.29, 1.82) is 0 Å². The highest BCUT2D eigenvalue weighted by Gasteiger charge is 2.56. The van der Waals surface area contributed by atoms with Crippen molar-refractivity contribution in [3.8, 4) is 0 Å². The Hall–Kier alpha value is -2.41. The second kappa shape index (κ2) is 7.54. The highest BCUT2D eigenvalue weighted by molar-refractivity contribution is 5.95. The lowest BCUT2D eigenvalue weighted by Gasteiger charge is -2.26. The van der Waals surface area contributed by atoms with Crippen LogP contribution in [-0.4, -0.2) is 23.7 Å². The van der Waals surface area contributed by atoms with Gasteiger partial charge in [0, 0.05) is 17.8 Å². The summed E-state index contributed by atoms with van der Waals surface area (Å²) in [6.07, 6.45) is -3.53. The summed E-state index contributed by atoms with van der Waals surface area (Å²) in [5.41, 5.74) is 1.94. The summed E-state index contributed by atoms with van der Waals surface area (Å²) in [7, 11) is 0. The Morgan fingerprint density at radius 2 is 1.75 bits per heavy atom. The number of fused-ring (bicyclic) bond motifs is 1. The van der Waals surface area contributed by atoms with Crippen LogP contribution >= 0.6 is 0 Å². The molecule has 0 aromatic heterocycles. The Labute approximate surface area is 160 Å². The molecule has 0 saturated heterocycles. The molecule has 0 saturated carbocycles. The van der Waals surface area contributed by atoms with Crippen molar-refractivity contribution in [2.45, 2.75) is 44.6 Å². The number of nitrogens with zero attached hydrogens (tertiary/aromatic N) is 1. The molecule has 1 amide bonds.